The average Bonchev–Trinajstić information content (AvgIpc) is 2.26. The molecule has 5 nitrogen and oxygen atoms in total. The molecule has 16 heavy (non-hydrogen) atoms. The maximum atomic E-state index is 11.6. The maximum absolute atomic E-state index is 11.6. The minimum atomic E-state index is -1.17. The lowest BCUT2D eigenvalue weighted by Gasteiger charge is -2.24. The zero-order valence-corrected chi connectivity index (χ0v) is 10.1. The highest BCUT2D eigenvalue weighted by molar-refractivity contribution is 5.77. The fraction of sp³-hybridized carbons (Fsp3) is 0.818. The molecule has 0 aliphatic rings. The molecule has 0 spiro atoms. The number of unbranched alkanes of at least 4 members (excludes halogenated alkanes) is 1. The van der Waals surface area contributed by atoms with Gasteiger partial charge in [0.15, 0.2) is 0 Å². The maximum Gasteiger partial charge on any atom is 0.317 e. The molecule has 0 bridgehead atoms. The van der Waals surface area contributed by atoms with Crippen molar-refractivity contribution in [1.29, 1.82) is 0 Å². The van der Waals surface area contributed by atoms with Crippen LogP contribution in [0.5, 0.6) is 0 Å². The molecule has 0 radical (unpaired) electrons. The van der Waals surface area contributed by atoms with Gasteiger partial charge in [0.05, 0.1) is 13.2 Å². The summed E-state index contributed by atoms with van der Waals surface area (Å²) in [6.45, 7) is 4.49. The summed E-state index contributed by atoms with van der Waals surface area (Å²) in [6, 6.07) is 0. The summed E-state index contributed by atoms with van der Waals surface area (Å²) in [5.74, 6) is -1.02. The normalized spacial score (nSPS) is 14.0. The van der Waals surface area contributed by atoms with Crippen LogP contribution >= 0.6 is 0 Å². The number of hydrogen-bond acceptors (Lipinski definition) is 5. The van der Waals surface area contributed by atoms with E-state index in [4.69, 9.17) is 14.6 Å². The second-order valence-electron chi connectivity index (χ2n) is 3.99. The zero-order chi connectivity index (χ0) is 12.6. The standard InChI is InChI=1S/C11H20O5/c1-4-5-6-15-10(14)11(3,7-12)8-16-9(2)13/h12H,4-8H2,1-3H3. The van der Waals surface area contributed by atoms with Gasteiger partial charge in [-0.25, -0.2) is 0 Å². The van der Waals surface area contributed by atoms with Crippen molar-refractivity contribution in [1.82, 2.24) is 0 Å². The third kappa shape index (κ3) is 5.11. The molecule has 0 fully saturated rings. The number of rotatable bonds is 7. The first-order valence-corrected chi connectivity index (χ1v) is 5.37. The molecular weight excluding hydrogens is 212 g/mol. The molecule has 0 saturated carbocycles. The number of carbonyl (C=O) groups excluding carboxylic acids is 2. The predicted molar refractivity (Wildman–Crippen MR) is 57.7 cm³/mol. The SMILES string of the molecule is CCCCOC(=O)C(C)(CO)COC(C)=O. The van der Waals surface area contributed by atoms with Crippen LogP contribution in [0.4, 0.5) is 0 Å². The molecule has 0 aromatic heterocycles. The van der Waals surface area contributed by atoms with Crippen LogP contribution in [0.25, 0.3) is 0 Å². The van der Waals surface area contributed by atoms with Crippen LogP contribution in [0.2, 0.25) is 0 Å². The van der Waals surface area contributed by atoms with E-state index < -0.39 is 24.0 Å². The van der Waals surface area contributed by atoms with Gasteiger partial charge < -0.3 is 14.6 Å². The van der Waals surface area contributed by atoms with Crippen molar-refractivity contribution in [3.05, 3.63) is 0 Å². The topological polar surface area (TPSA) is 72.8 Å². The number of ether oxygens (including phenoxy) is 2. The molecule has 5 heteroatoms. The van der Waals surface area contributed by atoms with Gasteiger partial charge in [-0.1, -0.05) is 13.3 Å². The van der Waals surface area contributed by atoms with Crippen LogP contribution in [0, 0.1) is 5.41 Å². The van der Waals surface area contributed by atoms with Crippen LogP contribution < -0.4 is 0 Å². The zero-order valence-electron chi connectivity index (χ0n) is 10.1. The van der Waals surface area contributed by atoms with Gasteiger partial charge in [0.25, 0.3) is 0 Å². The van der Waals surface area contributed by atoms with Gasteiger partial charge >= 0.3 is 11.9 Å². The van der Waals surface area contributed by atoms with Crippen LogP contribution in [0.15, 0.2) is 0 Å². The average molecular weight is 232 g/mol. The Kier molecular flexibility index (Phi) is 6.72. The molecule has 0 aliphatic heterocycles. The van der Waals surface area contributed by atoms with Crippen molar-refractivity contribution < 1.29 is 24.2 Å². The molecule has 0 amide bonds. The van der Waals surface area contributed by atoms with Crippen molar-refractivity contribution in [3.8, 4) is 0 Å². The third-order valence-electron chi connectivity index (χ3n) is 2.17. The fourth-order valence-corrected chi connectivity index (χ4v) is 0.913. The summed E-state index contributed by atoms with van der Waals surface area (Å²) in [7, 11) is 0. The first-order valence-electron chi connectivity index (χ1n) is 5.37. The molecule has 0 aromatic carbocycles. The number of aliphatic hydroxyl groups excluding tert-OH is 1. The Morgan fingerprint density at radius 1 is 1.31 bits per heavy atom. The van der Waals surface area contributed by atoms with Gasteiger partial charge in [0.1, 0.15) is 12.0 Å². The van der Waals surface area contributed by atoms with E-state index in [1.165, 1.54) is 13.8 Å². The van der Waals surface area contributed by atoms with Gasteiger partial charge in [0, 0.05) is 6.92 Å². The molecule has 0 aromatic rings. The molecule has 1 unspecified atom stereocenters. The van der Waals surface area contributed by atoms with Gasteiger partial charge in [-0.2, -0.15) is 0 Å². The first-order chi connectivity index (χ1) is 7.46. The van der Waals surface area contributed by atoms with Gasteiger partial charge in [-0.05, 0) is 13.3 Å². The lowest BCUT2D eigenvalue weighted by Crippen LogP contribution is -2.38. The van der Waals surface area contributed by atoms with E-state index in [9.17, 15) is 9.59 Å². The minimum absolute atomic E-state index is 0.163. The fourth-order valence-electron chi connectivity index (χ4n) is 0.913. The summed E-state index contributed by atoms with van der Waals surface area (Å²) >= 11 is 0. The van der Waals surface area contributed by atoms with Crippen LogP contribution in [0.1, 0.15) is 33.6 Å². The van der Waals surface area contributed by atoms with Gasteiger partial charge in [0.2, 0.25) is 0 Å². The summed E-state index contributed by atoms with van der Waals surface area (Å²) in [5, 5.41) is 9.13. The van der Waals surface area contributed by atoms with Crippen LogP contribution in [0.3, 0.4) is 0 Å². The second-order valence-corrected chi connectivity index (χ2v) is 3.99. The molecule has 0 rings (SSSR count). The Morgan fingerprint density at radius 2 is 1.94 bits per heavy atom. The van der Waals surface area contributed by atoms with Crippen molar-refractivity contribution in [3.63, 3.8) is 0 Å². The van der Waals surface area contributed by atoms with Gasteiger partial charge in [-0.15, -0.1) is 0 Å². The van der Waals surface area contributed by atoms with Crippen molar-refractivity contribution in [2.75, 3.05) is 19.8 Å². The lowest BCUT2D eigenvalue weighted by molar-refractivity contribution is -0.165. The molecule has 0 heterocycles. The highest BCUT2D eigenvalue weighted by atomic mass is 16.6. The Labute approximate surface area is 95.7 Å². The molecule has 0 saturated heterocycles. The molecular formula is C11H20O5. The predicted octanol–water partition coefficient (Wildman–Crippen LogP) is 0.891. The van der Waals surface area contributed by atoms with E-state index in [1.807, 2.05) is 6.92 Å². The van der Waals surface area contributed by atoms with Crippen molar-refractivity contribution >= 4 is 11.9 Å². The van der Waals surface area contributed by atoms with E-state index >= 15 is 0 Å². The molecule has 94 valence electrons. The Bertz CT molecular complexity index is 239. The third-order valence-corrected chi connectivity index (χ3v) is 2.17. The Morgan fingerprint density at radius 3 is 2.38 bits per heavy atom. The number of esters is 2. The smallest absolute Gasteiger partial charge is 0.317 e. The number of hydrogen-bond donors (Lipinski definition) is 1. The Hall–Kier alpha value is -1.10. The van der Waals surface area contributed by atoms with E-state index in [2.05, 4.69) is 0 Å². The van der Waals surface area contributed by atoms with Gasteiger partial charge in [-0.3, -0.25) is 9.59 Å². The van der Waals surface area contributed by atoms with E-state index in [0.29, 0.717) is 6.61 Å². The lowest BCUT2D eigenvalue weighted by atomic mass is 9.93. The highest BCUT2D eigenvalue weighted by Gasteiger charge is 2.35. The summed E-state index contributed by atoms with van der Waals surface area (Å²) in [5.41, 5.74) is -1.17. The molecule has 1 N–H and O–H groups in total. The van der Waals surface area contributed by atoms with Crippen molar-refractivity contribution in [2.45, 2.75) is 33.6 Å². The summed E-state index contributed by atoms with van der Waals surface area (Å²) in [4.78, 5) is 22.2. The largest absolute Gasteiger partial charge is 0.465 e. The second kappa shape index (κ2) is 7.22. The quantitative estimate of drug-likeness (QED) is 0.521. The summed E-state index contributed by atoms with van der Waals surface area (Å²) in [6.07, 6.45) is 1.70. The number of aliphatic hydroxyl groups is 1. The highest BCUT2D eigenvalue weighted by Crippen LogP contribution is 2.18. The molecule has 1 atom stereocenters. The molecule has 0 aliphatic carbocycles. The number of carbonyl (C=O) groups is 2. The monoisotopic (exact) mass is 232 g/mol. The minimum Gasteiger partial charge on any atom is -0.465 e. The Balaban J connectivity index is 4.20. The van der Waals surface area contributed by atoms with E-state index in [-0.39, 0.29) is 6.61 Å². The summed E-state index contributed by atoms with van der Waals surface area (Å²) < 4.78 is 9.71. The van der Waals surface area contributed by atoms with E-state index in [0.717, 1.165) is 12.8 Å². The van der Waals surface area contributed by atoms with E-state index in [1.54, 1.807) is 0 Å². The van der Waals surface area contributed by atoms with Crippen LogP contribution in [-0.2, 0) is 19.1 Å². The first kappa shape index (κ1) is 14.9. The van der Waals surface area contributed by atoms with Crippen molar-refractivity contribution in [2.24, 2.45) is 5.41 Å². The van der Waals surface area contributed by atoms with Crippen LogP contribution in [-0.4, -0.2) is 36.9 Å².